The van der Waals surface area contributed by atoms with Gasteiger partial charge < -0.3 is 5.11 Å². The van der Waals surface area contributed by atoms with Crippen LogP contribution >= 0.6 is 23.2 Å². The fraction of sp³-hybridized carbons (Fsp3) is 0.176. The van der Waals surface area contributed by atoms with Gasteiger partial charge in [0.15, 0.2) is 0 Å². The van der Waals surface area contributed by atoms with E-state index in [9.17, 15) is 9.90 Å². The molecule has 1 heterocycles. The third-order valence-corrected chi connectivity index (χ3v) is 4.21. The van der Waals surface area contributed by atoms with Gasteiger partial charge in [-0.2, -0.15) is 0 Å². The highest BCUT2D eigenvalue weighted by molar-refractivity contribution is 6.36. The maximum atomic E-state index is 13.0. The van der Waals surface area contributed by atoms with E-state index in [1.54, 1.807) is 28.8 Å². The van der Waals surface area contributed by atoms with Crippen molar-refractivity contribution >= 4 is 34.1 Å². The van der Waals surface area contributed by atoms with Crippen molar-refractivity contribution in [3.05, 3.63) is 62.6 Å². The topological polar surface area (TPSA) is 55.1 Å². The van der Waals surface area contributed by atoms with Gasteiger partial charge in [0.1, 0.15) is 22.1 Å². The van der Waals surface area contributed by atoms with Crippen LogP contribution in [0.3, 0.4) is 0 Å². The number of hydrogen-bond acceptors (Lipinski definition) is 3. The number of halogens is 2. The predicted octanol–water partition coefficient (Wildman–Crippen LogP) is 4.52. The number of aromatic nitrogens is 2. The number of hydrogen-bond donors (Lipinski definition) is 1. The van der Waals surface area contributed by atoms with E-state index in [4.69, 9.17) is 23.2 Å². The first-order valence-corrected chi connectivity index (χ1v) is 7.86. The Labute approximate surface area is 142 Å². The number of aromatic hydroxyl groups is 1. The number of nitrogens with zero attached hydrogens (tertiary/aromatic N) is 2. The summed E-state index contributed by atoms with van der Waals surface area (Å²) in [7, 11) is 0. The van der Waals surface area contributed by atoms with Crippen LogP contribution in [-0.2, 0) is 0 Å². The van der Waals surface area contributed by atoms with E-state index >= 15 is 0 Å². The van der Waals surface area contributed by atoms with E-state index in [0.717, 1.165) is 0 Å². The predicted molar refractivity (Wildman–Crippen MR) is 93.1 cm³/mol. The van der Waals surface area contributed by atoms with E-state index in [2.05, 4.69) is 4.98 Å². The highest BCUT2D eigenvalue weighted by atomic mass is 35.5. The average Bonchev–Trinajstić information content (AvgIpc) is 2.52. The van der Waals surface area contributed by atoms with E-state index in [-0.39, 0.29) is 22.2 Å². The summed E-state index contributed by atoms with van der Waals surface area (Å²) in [6, 6.07) is 9.91. The lowest BCUT2D eigenvalue weighted by Crippen LogP contribution is -2.24. The second-order valence-electron chi connectivity index (χ2n) is 5.54. The third kappa shape index (κ3) is 2.69. The molecular formula is C17H14Cl2N2O2. The van der Waals surface area contributed by atoms with Gasteiger partial charge in [-0.05, 0) is 36.4 Å². The van der Waals surface area contributed by atoms with Gasteiger partial charge in [-0.15, -0.1) is 0 Å². The molecule has 1 N–H and O–H groups in total. The van der Waals surface area contributed by atoms with E-state index < -0.39 is 0 Å². The molecule has 3 rings (SSSR count). The summed E-state index contributed by atoms with van der Waals surface area (Å²) < 4.78 is 1.55. The number of benzene rings is 2. The number of phenolic OH excluding ortho intramolecular Hbond substituents is 1. The molecule has 0 aliphatic carbocycles. The average molecular weight is 349 g/mol. The zero-order valence-electron chi connectivity index (χ0n) is 12.5. The second-order valence-corrected chi connectivity index (χ2v) is 6.35. The Hall–Kier alpha value is -2.04. The van der Waals surface area contributed by atoms with Crippen molar-refractivity contribution in [1.29, 1.82) is 0 Å². The number of fused-ring (bicyclic) bond motifs is 1. The summed E-state index contributed by atoms with van der Waals surface area (Å²) >= 11 is 12.0. The smallest absolute Gasteiger partial charge is 0.266 e. The van der Waals surface area contributed by atoms with E-state index in [1.165, 1.54) is 12.1 Å². The minimum atomic E-state index is -0.233. The van der Waals surface area contributed by atoms with Gasteiger partial charge in [-0.1, -0.05) is 37.0 Å². The molecule has 23 heavy (non-hydrogen) atoms. The Morgan fingerprint density at radius 2 is 1.74 bits per heavy atom. The molecule has 0 amide bonds. The zero-order chi connectivity index (χ0) is 16.7. The SMILES string of the molecule is CC(C)c1nc2c(Cl)c(O)ccc2c(=O)n1-c1ccc(Cl)cc1. The molecule has 0 aliphatic heterocycles. The van der Waals surface area contributed by atoms with Crippen molar-refractivity contribution in [2.45, 2.75) is 19.8 Å². The van der Waals surface area contributed by atoms with E-state index in [0.29, 0.717) is 27.4 Å². The van der Waals surface area contributed by atoms with Gasteiger partial charge in [0, 0.05) is 10.9 Å². The first kappa shape index (κ1) is 15.8. The first-order valence-electron chi connectivity index (χ1n) is 7.10. The fourth-order valence-electron chi connectivity index (χ4n) is 2.45. The molecule has 6 heteroatoms. The molecule has 0 saturated carbocycles. The molecule has 0 aliphatic rings. The van der Waals surface area contributed by atoms with Crippen molar-refractivity contribution in [1.82, 2.24) is 9.55 Å². The van der Waals surface area contributed by atoms with E-state index in [1.807, 2.05) is 13.8 Å². The Kier molecular flexibility index (Phi) is 4.04. The monoisotopic (exact) mass is 348 g/mol. The minimum Gasteiger partial charge on any atom is -0.506 e. The Morgan fingerprint density at radius 1 is 1.09 bits per heavy atom. The lowest BCUT2D eigenvalue weighted by molar-refractivity contribution is 0.476. The van der Waals surface area contributed by atoms with Gasteiger partial charge in [0.05, 0.1) is 11.1 Å². The molecule has 0 bridgehead atoms. The molecule has 118 valence electrons. The summed E-state index contributed by atoms with van der Waals surface area (Å²) in [4.78, 5) is 17.5. The van der Waals surface area contributed by atoms with Gasteiger partial charge in [-0.25, -0.2) is 4.98 Å². The van der Waals surface area contributed by atoms with Crippen LogP contribution in [0.15, 0.2) is 41.2 Å². The fourth-order valence-corrected chi connectivity index (χ4v) is 2.78. The summed E-state index contributed by atoms with van der Waals surface area (Å²) in [6.07, 6.45) is 0. The molecule has 1 aromatic heterocycles. The van der Waals surface area contributed by atoms with Crippen LogP contribution in [0.5, 0.6) is 5.75 Å². The molecular weight excluding hydrogens is 335 g/mol. The lowest BCUT2D eigenvalue weighted by Gasteiger charge is -2.16. The van der Waals surface area contributed by atoms with Crippen molar-refractivity contribution in [3.8, 4) is 11.4 Å². The zero-order valence-corrected chi connectivity index (χ0v) is 14.1. The lowest BCUT2D eigenvalue weighted by atomic mass is 10.1. The molecule has 4 nitrogen and oxygen atoms in total. The number of phenols is 1. The van der Waals surface area contributed by atoms with Crippen molar-refractivity contribution < 1.29 is 5.11 Å². The van der Waals surface area contributed by atoms with Gasteiger partial charge in [0.25, 0.3) is 5.56 Å². The van der Waals surface area contributed by atoms with Crippen LogP contribution in [0, 0.1) is 0 Å². The molecule has 0 radical (unpaired) electrons. The van der Waals surface area contributed by atoms with Gasteiger partial charge in [-0.3, -0.25) is 9.36 Å². The van der Waals surface area contributed by atoms with Gasteiger partial charge in [0.2, 0.25) is 0 Å². The maximum absolute atomic E-state index is 13.0. The quantitative estimate of drug-likeness (QED) is 0.740. The van der Waals surface area contributed by atoms with Crippen LogP contribution in [0.4, 0.5) is 0 Å². The second kappa shape index (κ2) is 5.87. The standard InChI is InChI=1S/C17H14Cl2N2O2/c1-9(2)16-20-15-12(7-8-13(22)14(15)19)17(23)21(16)11-5-3-10(18)4-6-11/h3-9,22H,1-2H3. The van der Waals surface area contributed by atoms with Crippen molar-refractivity contribution in [2.24, 2.45) is 0 Å². The summed E-state index contributed by atoms with van der Waals surface area (Å²) in [6.45, 7) is 3.88. The van der Waals surface area contributed by atoms with Crippen molar-refractivity contribution in [3.63, 3.8) is 0 Å². The molecule has 0 unspecified atom stereocenters. The third-order valence-electron chi connectivity index (χ3n) is 3.59. The normalized spacial score (nSPS) is 11.3. The summed E-state index contributed by atoms with van der Waals surface area (Å²) in [5.74, 6) is 0.462. The van der Waals surface area contributed by atoms with Gasteiger partial charge >= 0.3 is 0 Å². The molecule has 0 atom stereocenters. The molecule has 0 spiro atoms. The van der Waals surface area contributed by atoms with Crippen LogP contribution in [-0.4, -0.2) is 14.7 Å². The van der Waals surface area contributed by atoms with Crippen LogP contribution in [0.25, 0.3) is 16.6 Å². The highest BCUT2D eigenvalue weighted by Gasteiger charge is 2.18. The summed E-state index contributed by atoms with van der Waals surface area (Å²) in [5.41, 5.74) is 0.759. The van der Waals surface area contributed by atoms with Crippen LogP contribution < -0.4 is 5.56 Å². The first-order chi connectivity index (χ1) is 10.9. The Balaban J connectivity index is 2.43. The number of rotatable bonds is 2. The van der Waals surface area contributed by atoms with Crippen LogP contribution in [0.2, 0.25) is 10.0 Å². The Morgan fingerprint density at radius 3 is 2.35 bits per heavy atom. The Bertz CT molecular complexity index is 947. The van der Waals surface area contributed by atoms with Crippen molar-refractivity contribution in [2.75, 3.05) is 0 Å². The van der Waals surface area contributed by atoms with Crippen LogP contribution in [0.1, 0.15) is 25.6 Å². The molecule has 0 saturated heterocycles. The minimum absolute atomic E-state index is 0.0128. The molecule has 3 aromatic rings. The highest BCUT2D eigenvalue weighted by Crippen LogP contribution is 2.30. The molecule has 0 fully saturated rings. The maximum Gasteiger partial charge on any atom is 0.266 e. The largest absolute Gasteiger partial charge is 0.506 e. The molecule has 2 aromatic carbocycles. The summed E-state index contributed by atoms with van der Waals surface area (Å²) in [5, 5.41) is 10.8.